The molecule has 1 aliphatic rings. The van der Waals surface area contributed by atoms with Gasteiger partial charge in [0.15, 0.2) is 0 Å². The van der Waals surface area contributed by atoms with E-state index in [1.807, 2.05) is 3.28 Å². The Kier molecular flexibility index (Phi) is 9.49. The third-order valence-corrected chi connectivity index (χ3v) is 14.9. The summed E-state index contributed by atoms with van der Waals surface area (Å²) in [7, 11) is -1.34. The molecule has 0 bridgehead atoms. The van der Waals surface area contributed by atoms with Gasteiger partial charge in [0.25, 0.3) is 0 Å². The van der Waals surface area contributed by atoms with E-state index in [9.17, 15) is 0 Å². The number of hydrogen-bond donors (Lipinski definition) is 1. The van der Waals surface area contributed by atoms with Crippen molar-refractivity contribution >= 4 is 39.8 Å². The summed E-state index contributed by atoms with van der Waals surface area (Å²) in [6, 6.07) is 1.02. The average Bonchev–Trinajstić information content (AvgIpc) is 2.49. The van der Waals surface area contributed by atoms with Crippen molar-refractivity contribution < 1.29 is 24.0 Å². The Bertz CT molecular complexity index is 358. The second-order valence-corrected chi connectivity index (χ2v) is 31.7. The fourth-order valence-electron chi connectivity index (χ4n) is 2.19. The summed E-state index contributed by atoms with van der Waals surface area (Å²) in [5.41, 5.74) is 0. The summed E-state index contributed by atoms with van der Waals surface area (Å²) >= 11 is -1.86. The van der Waals surface area contributed by atoms with Crippen molar-refractivity contribution in [1.82, 2.24) is 0 Å². The van der Waals surface area contributed by atoms with Crippen LogP contribution in [-0.4, -0.2) is 26.7 Å². The molecule has 0 saturated heterocycles. The number of halogens is 2. The van der Waals surface area contributed by atoms with Crippen molar-refractivity contribution in [1.29, 1.82) is 0 Å². The number of allylic oxidation sites excluding steroid dienone is 4. The fourth-order valence-corrected chi connectivity index (χ4v) is 15.7. The first kappa shape index (κ1) is 20.7. The summed E-state index contributed by atoms with van der Waals surface area (Å²) in [4.78, 5) is 0. The minimum absolute atomic E-state index is 0. The van der Waals surface area contributed by atoms with Crippen molar-refractivity contribution in [3.8, 4) is 0 Å². The molecule has 0 saturated carbocycles. The van der Waals surface area contributed by atoms with Gasteiger partial charge in [-0.3, -0.25) is 0 Å². The third kappa shape index (κ3) is 5.46. The molecule has 0 atom stereocenters. The number of rotatable bonds is 4. The largest absolute Gasteiger partial charge is 0.147 e. The van der Waals surface area contributed by atoms with Crippen LogP contribution < -0.4 is 0 Å². The number of aliphatic hydroxyl groups excluding tert-OH is 1. The molecule has 0 heterocycles. The van der Waals surface area contributed by atoms with Gasteiger partial charge in [-0.2, -0.15) is 0 Å². The molecule has 0 aromatic rings. The minimum Gasteiger partial charge on any atom is -0.147 e. The third-order valence-electron chi connectivity index (χ3n) is 3.21. The zero-order valence-electron chi connectivity index (χ0n) is 11.2. The van der Waals surface area contributed by atoms with E-state index in [1.54, 1.807) is 5.20 Å². The Morgan fingerprint density at radius 3 is 2.29 bits per heavy atom. The van der Waals surface area contributed by atoms with Gasteiger partial charge in [-0.25, -0.2) is 0 Å². The monoisotopic (exact) mass is 389 g/mol. The molecule has 101 valence electrons. The quantitative estimate of drug-likeness (QED) is 0.730. The van der Waals surface area contributed by atoms with Crippen LogP contribution in [-0.2, 0) is 18.9 Å². The molecule has 0 fully saturated rings. The van der Waals surface area contributed by atoms with Crippen molar-refractivity contribution in [2.24, 2.45) is 0 Å². The molecule has 0 unspecified atom stereocenters. The Labute approximate surface area is 125 Å². The minimum atomic E-state index is -1.86. The van der Waals surface area contributed by atoms with Gasteiger partial charge < -0.3 is 0 Å². The molecule has 1 aliphatic carbocycles. The van der Waals surface area contributed by atoms with Crippen LogP contribution in [0.3, 0.4) is 0 Å². The topological polar surface area (TPSA) is 20.2 Å². The zero-order chi connectivity index (χ0) is 11.7. The van der Waals surface area contributed by atoms with Gasteiger partial charge in [-0.1, -0.05) is 0 Å². The van der Waals surface area contributed by atoms with Crippen LogP contribution in [0.1, 0.15) is 6.42 Å². The van der Waals surface area contributed by atoms with Crippen LogP contribution in [0.5, 0.6) is 0 Å². The maximum atomic E-state index is 9.16. The van der Waals surface area contributed by atoms with Gasteiger partial charge in [-0.15, -0.1) is 24.8 Å². The maximum Gasteiger partial charge on any atom is -0.147 e. The summed E-state index contributed by atoms with van der Waals surface area (Å²) in [5.74, 6) is 0. The number of hydrogen-bond acceptors (Lipinski definition) is 1. The molecular weight excluding hydrogens is 366 g/mol. The first-order chi connectivity index (χ1) is 6.79. The predicted octanol–water partition coefficient (Wildman–Crippen LogP) is 3.08. The molecule has 1 rings (SSSR count). The Morgan fingerprint density at radius 2 is 1.88 bits per heavy atom. The normalized spacial score (nSPS) is 15.6. The summed E-state index contributed by atoms with van der Waals surface area (Å²) in [6.07, 6.45) is 5.91. The molecule has 0 spiro atoms. The molecule has 17 heavy (non-hydrogen) atoms. The summed E-state index contributed by atoms with van der Waals surface area (Å²) in [5, 5.41) is 10.8. The smallest absolute Gasteiger partial charge is 0.147 e. The Morgan fingerprint density at radius 1 is 1.35 bits per heavy atom. The van der Waals surface area contributed by atoms with Gasteiger partial charge in [0.1, 0.15) is 0 Å². The molecule has 6 heteroatoms. The van der Waals surface area contributed by atoms with Crippen molar-refractivity contribution in [3.05, 3.63) is 20.6 Å². The van der Waals surface area contributed by atoms with Crippen LogP contribution in [0.25, 0.3) is 0 Å². The van der Waals surface area contributed by atoms with Gasteiger partial charge in [-0.05, 0) is 0 Å². The van der Waals surface area contributed by atoms with Crippen LogP contribution in [0.4, 0.5) is 0 Å². The molecule has 0 aromatic heterocycles. The van der Waals surface area contributed by atoms with E-state index in [4.69, 9.17) is 5.11 Å². The van der Waals surface area contributed by atoms with Crippen molar-refractivity contribution in [2.45, 2.75) is 34.8 Å². The first-order valence-electron chi connectivity index (χ1n) is 5.66. The van der Waals surface area contributed by atoms with Crippen LogP contribution >= 0.6 is 24.8 Å². The second kappa shape index (κ2) is 7.81. The van der Waals surface area contributed by atoms with Gasteiger partial charge in [0.2, 0.25) is 0 Å². The average molecular weight is 392 g/mol. The van der Waals surface area contributed by atoms with Crippen LogP contribution in [0.2, 0.25) is 28.4 Å². The van der Waals surface area contributed by atoms with E-state index >= 15 is 0 Å². The molecule has 1 nitrogen and oxygen atoms in total. The Hall–Kier alpha value is 1.34. The van der Waals surface area contributed by atoms with Gasteiger partial charge >= 0.3 is 101 Å². The van der Waals surface area contributed by atoms with Gasteiger partial charge in [0.05, 0.1) is 0 Å². The summed E-state index contributed by atoms with van der Waals surface area (Å²) in [6.45, 7) is 7.43. The van der Waals surface area contributed by atoms with Crippen molar-refractivity contribution in [3.63, 3.8) is 0 Å². The standard InChI is InChI=1S/C9H15OSi.2CH3.2ClH.H2Si.Zr/c1-11(2,8-7-10)9-5-3-4-6-9;;;;;;/h3,5,10H,4,7-8H2,1-2H3;2*1H3;2*1H;1H2;. The maximum absolute atomic E-state index is 9.16. The van der Waals surface area contributed by atoms with E-state index in [0.29, 0.717) is 6.61 Å². The van der Waals surface area contributed by atoms with Crippen LogP contribution in [0.15, 0.2) is 20.6 Å². The summed E-state index contributed by atoms with van der Waals surface area (Å²) < 4.78 is 6.84. The first-order valence-corrected chi connectivity index (χ1v) is 20.9. The van der Waals surface area contributed by atoms with Crippen LogP contribution in [0, 0.1) is 0 Å². The molecule has 1 N–H and O–H groups in total. The van der Waals surface area contributed by atoms with Crippen molar-refractivity contribution in [2.75, 3.05) is 6.61 Å². The molecule has 0 aliphatic heterocycles. The van der Waals surface area contributed by atoms with E-state index in [-0.39, 0.29) is 24.8 Å². The zero-order valence-corrected chi connectivity index (χ0v) is 17.8. The SMILES string of the molecule is C[Si](C)(CCO)C1=[C]([Zr]([CH3])([CH3])=[SiH2])CC=C1.Cl.Cl. The molecule has 0 amide bonds. The van der Waals surface area contributed by atoms with E-state index < -0.39 is 27.0 Å². The van der Waals surface area contributed by atoms with E-state index in [1.165, 1.54) is 6.42 Å². The Balaban J connectivity index is 0. The van der Waals surface area contributed by atoms with Gasteiger partial charge in [0, 0.05) is 0 Å². The molecule has 0 radical (unpaired) electrons. The second-order valence-electron chi connectivity index (χ2n) is 5.74. The predicted molar refractivity (Wildman–Crippen MR) is 84.9 cm³/mol. The molecule has 0 aromatic carbocycles. The van der Waals surface area contributed by atoms with E-state index in [0.717, 1.165) is 6.04 Å². The fraction of sp³-hybridized carbons (Fsp3) is 0.636. The number of aliphatic hydroxyl groups is 1. The molecular formula is C11H25Cl2OSi2Zr. The van der Waals surface area contributed by atoms with E-state index in [2.05, 4.69) is 41.4 Å².